The lowest BCUT2D eigenvalue weighted by atomic mass is 9.99. The number of carbonyl (C=O) groups excluding carboxylic acids is 2. The Morgan fingerprint density at radius 2 is 1.96 bits per heavy atom. The van der Waals surface area contributed by atoms with Crippen molar-refractivity contribution in [2.24, 2.45) is 0 Å². The molecule has 6 heteroatoms. The Morgan fingerprint density at radius 3 is 2.67 bits per heavy atom. The van der Waals surface area contributed by atoms with E-state index >= 15 is 0 Å². The molecule has 0 fully saturated rings. The number of hydrogen-bond donors (Lipinski definition) is 1. The number of fused-ring (bicyclic) bond motifs is 1. The highest BCUT2D eigenvalue weighted by Gasteiger charge is 2.49. The molecule has 124 valence electrons. The number of ether oxygens (including phenoxy) is 1. The topological polar surface area (TPSA) is 58.6 Å². The third-order valence-corrected chi connectivity index (χ3v) is 4.06. The second-order valence-electron chi connectivity index (χ2n) is 5.90. The molecule has 0 saturated heterocycles. The van der Waals surface area contributed by atoms with Crippen LogP contribution in [0.5, 0.6) is 5.75 Å². The van der Waals surface area contributed by atoms with Gasteiger partial charge in [-0.25, -0.2) is 4.39 Å². The van der Waals surface area contributed by atoms with Crippen LogP contribution in [-0.4, -0.2) is 24.5 Å². The minimum absolute atomic E-state index is 0.00233. The summed E-state index contributed by atoms with van der Waals surface area (Å²) in [5, 5.41) is 2.43. The molecule has 1 N–H and O–H groups in total. The van der Waals surface area contributed by atoms with E-state index in [4.69, 9.17) is 4.74 Å². The Hall–Kier alpha value is -2.89. The fourth-order valence-electron chi connectivity index (χ4n) is 2.62. The van der Waals surface area contributed by atoms with Crippen LogP contribution in [0.4, 0.5) is 15.8 Å². The van der Waals surface area contributed by atoms with Gasteiger partial charge in [0.05, 0.1) is 11.4 Å². The van der Waals surface area contributed by atoms with Gasteiger partial charge in [-0.15, -0.1) is 0 Å². The molecule has 0 bridgehead atoms. The van der Waals surface area contributed by atoms with Crippen LogP contribution >= 0.6 is 0 Å². The van der Waals surface area contributed by atoms with Crippen molar-refractivity contribution in [2.45, 2.75) is 19.4 Å². The largest absolute Gasteiger partial charge is 0.465 e. The molecule has 3 rings (SSSR count). The lowest BCUT2D eigenvalue weighted by molar-refractivity contribution is -0.144. The van der Waals surface area contributed by atoms with Crippen LogP contribution < -0.4 is 15.0 Å². The number of aryl methyl sites for hydroxylation is 1. The first kappa shape index (κ1) is 16.0. The van der Waals surface area contributed by atoms with Gasteiger partial charge in [-0.1, -0.05) is 18.2 Å². The van der Waals surface area contributed by atoms with E-state index in [0.717, 1.165) is 5.56 Å². The Kier molecular flexibility index (Phi) is 3.75. The van der Waals surface area contributed by atoms with Crippen molar-refractivity contribution in [3.8, 4) is 5.75 Å². The van der Waals surface area contributed by atoms with Crippen molar-refractivity contribution in [3.05, 3.63) is 53.8 Å². The summed E-state index contributed by atoms with van der Waals surface area (Å²) in [6.45, 7) is 3.28. The third-order valence-electron chi connectivity index (χ3n) is 4.06. The molecule has 0 radical (unpaired) electrons. The molecule has 0 aliphatic carbocycles. The molecular formula is C18H17FN2O3. The SMILES string of the molecule is Cc1ccc2c(c1)N(C)C(=O)C(C)(C(=O)Nc1ccccc1F)O2. The standard InChI is InChI=1S/C18H17FN2O3/c1-11-8-9-15-14(10-11)21(3)17(23)18(2,24-15)16(22)20-13-7-5-4-6-12(13)19/h4-10H,1-3H3,(H,20,22). The first-order valence-corrected chi connectivity index (χ1v) is 7.47. The van der Waals surface area contributed by atoms with Crippen molar-refractivity contribution >= 4 is 23.2 Å². The first-order valence-electron chi connectivity index (χ1n) is 7.47. The quantitative estimate of drug-likeness (QED) is 0.863. The number of nitrogens with one attached hydrogen (secondary N) is 1. The second-order valence-corrected chi connectivity index (χ2v) is 5.90. The number of nitrogens with zero attached hydrogens (tertiary/aromatic N) is 1. The van der Waals surface area contributed by atoms with Gasteiger partial charge in [-0.05, 0) is 43.7 Å². The van der Waals surface area contributed by atoms with Gasteiger partial charge >= 0.3 is 0 Å². The summed E-state index contributed by atoms with van der Waals surface area (Å²) in [5.74, 6) is -1.40. The van der Waals surface area contributed by atoms with E-state index in [1.165, 1.54) is 30.0 Å². The maximum absolute atomic E-state index is 13.7. The molecule has 5 nitrogen and oxygen atoms in total. The highest BCUT2D eigenvalue weighted by atomic mass is 19.1. The number of para-hydroxylation sites is 1. The number of hydrogen-bond acceptors (Lipinski definition) is 3. The van der Waals surface area contributed by atoms with Crippen molar-refractivity contribution < 1.29 is 18.7 Å². The summed E-state index contributed by atoms with van der Waals surface area (Å²) in [7, 11) is 1.58. The van der Waals surface area contributed by atoms with Gasteiger partial charge in [0.15, 0.2) is 0 Å². The number of likely N-dealkylation sites (N-methyl/N-ethyl adjacent to an activating group) is 1. The van der Waals surface area contributed by atoms with E-state index in [-0.39, 0.29) is 5.69 Å². The Labute approximate surface area is 139 Å². The monoisotopic (exact) mass is 328 g/mol. The zero-order chi connectivity index (χ0) is 17.5. The Bertz CT molecular complexity index is 837. The summed E-state index contributed by atoms with van der Waals surface area (Å²) in [5.41, 5.74) is -0.218. The number of carbonyl (C=O) groups is 2. The normalized spacial score (nSPS) is 19.5. The molecule has 0 spiro atoms. The minimum atomic E-state index is -1.78. The molecule has 1 heterocycles. The van der Waals surface area contributed by atoms with Crippen LogP contribution in [0, 0.1) is 12.7 Å². The van der Waals surface area contributed by atoms with E-state index < -0.39 is 23.2 Å². The van der Waals surface area contributed by atoms with Crippen LogP contribution in [0.15, 0.2) is 42.5 Å². The zero-order valence-electron chi connectivity index (χ0n) is 13.6. The molecule has 2 amide bonds. The molecule has 0 aromatic heterocycles. The van der Waals surface area contributed by atoms with E-state index in [1.807, 2.05) is 19.1 Å². The van der Waals surface area contributed by atoms with Gasteiger partial charge in [0.1, 0.15) is 11.6 Å². The van der Waals surface area contributed by atoms with Gasteiger partial charge in [0, 0.05) is 7.05 Å². The van der Waals surface area contributed by atoms with Gasteiger partial charge in [-0.2, -0.15) is 0 Å². The van der Waals surface area contributed by atoms with Gasteiger partial charge in [-0.3, -0.25) is 9.59 Å². The van der Waals surface area contributed by atoms with E-state index in [1.54, 1.807) is 19.2 Å². The average molecular weight is 328 g/mol. The first-order chi connectivity index (χ1) is 11.3. The second kappa shape index (κ2) is 5.63. The summed E-state index contributed by atoms with van der Waals surface area (Å²) in [4.78, 5) is 26.7. The number of amides is 2. The molecule has 1 aliphatic heterocycles. The van der Waals surface area contributed by atoms with Gasteiger partial charge in [0.2, 0.25) is 0 Å². The fourth-order valence-corrected chi connectivity index (χ4v) is 2.62. The van der Waals surface area contributed by atoms with Gasteiger partial charge in [0.25, 0.3) is 17.4 Å². The lowest BCUT2D eigenvalue weighted by Gasteiger charge is -2.38. The highest BCUT2D eigenvalue weighted by Crippen LogP contribution is 2.38. The van der Waals surface area contributed by atoms with Crippen LogP contribution in [-0.2, 0) is 9.59 Å². The number of halogens is 1. The molecule has 1 unspecified atom stereocenters. The molecular weight excluding hydrogens is 311 g/mol. The maximum Gasteiger partial charge on any atom is 0.280 e. The minimum Gasteiger partial charge on any atom is -0.465 e. The fraction of sp³-hybridized carbons (Fsp3) is 0.222. The predicted octanol–water partition coefficient (Wildman–Crippen LogP) is 2.89. The summed E-state index contributed by atoms with van der Waals surface area (Å²) < 4.78 is 19.5. The maximum atomic E-state index is 13.7. The molecule has 2 aromatic rings. The molecule has 1 aliphatic rings. The molecule has 1 atom stereocenters. The number of anilines is 2. The smallest absolute Gasteiger partial charge is 0.280 e. The number of benzene rings is 2. The molecule has 0 saturated carbocycles. The molecule has 24 heavy (non-hydrogen) atoms. The van der Waals surface area contributed by atoms with Crippen LogP contribution in [0.1, 0.15) is 12.5 Å². The van der Waals surface area contributed by atoms with E-state index in [9.17, 15) is 14.0 Å². The summed E-state index contributed by atoms with van der Waals surface area (Å²) in [6.07, 6.45) is 0. The average Bonchev–Trinajstić information content (AvgIpc) is 2.56. The van der Waals surface area contributed by atoms with Crippen LogP contribution in [0.3, 0.4) is 0 Å². The summed E-state index contributed by atoms with van der Waals surface area (Å²) >= 11 is 0. The molecule has 2 aromatic carbocycles. The Balaban J connectivity index is 1.95. The van der Waals surface area contributed by atoms with Crippen molar-refractivity contribution in [1.82, 2.24) is 0 Å². The van der Waals surface area contributed by atoms with Crippen LogP contribution in [0.25, 0.3) is 0 Å². The van der Waals surface area contributed by atoms with Crippen molar-refractivity contribution in [1.29, 1.82) is 0 Å². The van der Waals surface area contributed by atoms with E-state index in [0.29, 0.717) is 11.4 Å². The van der Waals surface area contributed by atoms with Crippen molar-refractivity contribution in [3.63, 3.8) is 0 Å². The zero-order valence-corrected chi connectivity index (χ0v) is 13.6. The van der Waals surface area contributed by atoms with Crippen LogP contribution in [0.2, 0.25) is 0 Å². The highest BCUT2D eigenvalue weighted by molar-refractivity contribution is 6.19. The summed E-state index contributed by atoms with van der Waals surface area (Å²) in [6, 6.07) is 11.1. The predicted molar refractivity (Wildman–Crippen MR) is 88.7 cm³/mol. The number of rotatable bonds is 2. The Morgan fingerprint density at radius 1 is 1.25 bits per heavy atom. The lowest BCUT2D eigenvalue weighted by Crippen LogP contribution is -2.59. The third kappa shape index (κ3) is 2.50. The van der Waals surface area contributed by atoms with Crippen molar-refractivity contribution in [2.75, 3.05) is 17.3 Å². The van der Waals surface area contributed by atoms with E-state index in [2.05, 4.69) is 5.32 Å². The van der Waals surface area contributed by atoms with Gasteiger partial charge < -0.3 is 15.0 Å².